The number of methoxy groups -OCH3 is 3. The summed E-state index contributed by atoms with van der Waals surface area (Å²) in [5.74, 6) is 7.94. The number of hydrazine groups is 1. The topological polar surface area (TPSA) is 78.9 Å². The molecule has 7 heteroatoms. The first-order valence-electron chi connectivity index (χ1n) is 6.15. The number of nitrogens with two attached hydrogens (primary N) is 1. The minimum Gasteiger partial charge on any atom is -0.493 e. The molecule has 1 unspecified atom stereocenters. The van der Waals surface area contributed by atoms with Crippen LogP contribution in [-0.4, -0.2) is 21.3 Å². The van der Waals surface area contributed by atoms with Gasteiger partial charge in [-0.15, -0.1) is 0 Å². The largest absolute Gasteiger partial charge is 0.493 e. The number of ether oxygens (including phenoxy) is 3. The number of rotatable bonds is 6. The van der Waals surface area contributed by atoms with E-state index in [9.17, 15) is 0 Å². The summed E-state index contributed by atoms with van der Waals surface area (Å²) in [6.45, 7) is 0. The molecule has 1 heterocycles. The van der Waals surface area contributed by atoms with Gasteiger partial charge in [-0.25, -0.2) is 5.43 Å². The molecule has 0 saturated carbocycles. The van der Waals surface area contributed by atoms with E-state index in [1.54, 1.807) is 39.7 Å². The molecule has 0 radical (unpaired) electrons. The van der Waals surface area contributed by atoms with Crippen molar-refractivity contribution < 1.29 is 18.6 Å². The number of nitrogens with one attached hydrogen (secondary N) is 1. The summed E-state index contributed by atoms with van der Waals surface area (Å²) in [4.78, 5) is 0. The number of halogens is 1. The van der Waals surface area contributed by atoms with Crippen molar-refractivity contribution in [3.05, 3.63) is 40.3 Å². The second kappa shape index (κ2) is 6.84. The van der Waals surface area contributed by atoms with E-state index in [-0.39, 0.29) is 0 Å². The minimum absolute atomic E-state index is 0.399. The van der Waals surface area contributed by atoms with Crippen LogP contribution < -0.4 is 25.5 Å². The summed E-state index contributed by atoms with van der Waals surface area (Å²) in [6, 6.07) is 5.04. The van der Waals surface area contributed by atoms with Crippen LogP contribution in [0.15, 0.2) is 33.4 Å². The molecule has 21 heavy (non-hydrogen) atoms. The van der Waals surface area contributed by atoms with Gasteiger partial charge in [0.25, 0.3) is 0 Å². The third kappa shape index (κ3) is 2.85. The third-order valence-corrected chi connectivity index (χ3v) is 3.77. The van der Waals surface area contributed by atoms with Gasteiger partial charge in [0.2, 0.25) is 5.75 Å². The molecule has 3 N–H and O–H groups in total. The van der Waals surface area contributed by atoms with Gasteiger partial charge in [0, 0.05) is 5.56 Å². The van der Waals surface area contributed by atoms with Crippen molar-refractivity contribution >= 4 is 15.9 Å². The Kier molecular flexibility index (Phi) is 5.11. The maximum Gasteiger partial charge on any atom is 0.203 e. The van der Waals surface area contributed by atoms with Crippen LogP contribution in [0, 0.1) is 0 Å². The van der Waals surface area contributed by atoms with Gasteiger partial charge in [-0.3, -0.25) is 5.84 Å². The molecule has 1 atom stereocenters. The smallest absolute Gasteiger partial charge is 0.203 e. The lowest BCUT2D eigenvalue weighted by atomic mass is 10.0. The summed E-state index contributed by atoms with van der Waals surface area (Å²) in [5.41, 5.74) is 3.50. The first kappa shape index (κ1) is 15.7. The van der Waals surface area contributed by atoms with E-state index in [2.05, 4.69) is 21.4 Å². The lowest BCUT2D eigenvalue weighted by Gasteiger charge is -2.20. The Morgan fingerprint density at radius 1 is 1.10 bits per heavy atom. The predicted molar refractivity (Wildman–Crippen MR) is 81.7 cm³/mol. The Morgan fingerprint density at radius 2 is 1.81 bits per heavy atom. The van der Waals surface area contributed by atoms with Crippen molar-refractivity contribution in [2.24, 2.45) is 5.84 Å². The number of hydrogen-bond donors (Lipinski definition) is 2. The molecule has 2 rings (SSSR count). The lowest BCUT2D eigenvalue weighted by Crippen LogP contribution is -2.29. The van der Waals surface area contributed by atoms with Crippen LogP contribution >= 0.6 is 15.9 Å². The first-order chi connectivity index (χ1) is 10.2. The van der Waals surface area contributed by atoms with Gasteiger partial charge < -0.3 is 18.6 Å². The van der Waals surface area contributed by atoms with Crippen LogP contribution in [0.5, 0.6) is 17.2 Å². The predicted octanol–water partition coefficient (Wildman–Crippen LogP) is 2.62. The highest BCUT2D eigenvalue weighted by molar-refractivity contribution is 9.10. The molecule has 0 fully saturated rings. The zero-order valence-electron chi connectivity index (χ0n) is 12.0. The Bertz CT molecular complexity index is 615. The highest BCUT2D eigenvalue weighted by Crippen LogP contribution is 2.44. The van der Waals surface area contributed by atoms with Crippen molar-refractivity contribution in [2.75, 3.05) is 21.3 Å². The summed E-state index contributed by atoms with van der Waals surface area (Å²) < 4.78 is 22.4. The maximum atomic E-state index is 5.69. The van der Waals surface area contributed by atoms with Gasteiger partial charge in [0.1, 0.15) is 11.8 Å². The van der Waals surface area contributed by atoms with Crippen LogP contribution in [0.1, 0.15) is 17.4 Å². The highest BCUT2D eigenvalue weighted by Gasteiger charge is 2.26. The van der Waals surface area contributed by atoms with E-state index in [0.29, 0.717) is 23.0 Å². The van der Waals surface area contributed by atoms with Crippen molar-refractivity contribution in [3.63, 3.8) is 0 Å². The van der Waals surface area contributed by atoms with Gasteiger partial charge in [0.05, 0.1) is 32.1 Å². The summed E-state index contributed by atoms with van der Waals surface area (Å²) in [5, 5.41) is 0. The Morgan fingerprint density at radius 3 is 2.29 bits per heavy atom. The average molecular weight is 357 g/mol. The lowest BCUT2D eigenvalue weighted by molar-refractivity contribution is 0.318. The van der Waals surface area contributed by atoms with Gasteiger partial charge in [-0.05, 0) is 34.1 Å². The molecule has 1 aromatic carbocycles. The molecular formula is C14H17BrN2O4. The Labute approximate surface area is 131 Å². The van der Waals surface area contributed by atoms with Crippen molar-refractivity contribution in [2.45, 2.75) is 6.04 Å². The third-order valence-electron chi connectivity index (χ3n) is 3.12. The molecule has 0 amide bonds. The monoisotopic (exact) mass is 356 g/mol. The van der Waals surface area contributed by atoms with Crippen LogP contribution in [-0.2, 0) is 0 Å². The molecule has 114 valence electrons. The van der Waals surface area contributed by atoms with E-state index in [1.807, 2.05) is 6.07 Å². The van der Waals surface area contributed by atoms with Crippen LogP contribution in [0.4, 0.5) is 0 Å². The molecule has 1 aromatic heterocycles. The molecule has 0 aliphatic rings. The number of furan rings is 1. The summed E-state index contributed by atoms with van der Waals surface area (Å²) in [6.07, 6.45) is 1.58. The molecular weight excluding hydrogens is 340 g/mol. The first-order valence-corrected chi connectivity index (χ1v) is 6.95. The van der Waals surface area contributed by atoms with Gasteiger partial charge >= 0.3 is 0 Å². The summed E-state index contributed by atoms with van der Waals surface area (Å²) in [7, 11) is 4.68. The number of hydrogen-bond acceptors (Lipinski definition) is 6. The van der Waals surface area contributed by atoms with Crippen LogP contribution in [0.3, 0.4) is 0 Å². The van der Waals surface area contributed by atoms with E-state index < -0.39 is 6.04 Å². The fraction of sp³-hybridized carbons (Fsp3) is 0.286. The van der Waals surface area contributed by atoms with Gasteiger partial charge in [0.15, 0.2) is 11.5 Å². The minimum atomic E-state index is -0.399. The van der Waals surface area contributed by atoms with Crippen molar-refractivity contribution in [1.82, 2.24) is 5.43 Å². The average Bonchev–Trinajstić information content (AvgIpc) is 2.93. The van der Waals surface area contributed by atoms with E-state index in [0.717, 1.165) is 10.0 Å². The van der Waals surface area contributed by atoms with Crippen molar-refractivity contribution in [3.8, 4) is 17.2 Å². The molecule has 0 bridgehead atoms. The van der Waals surface area contributed by atoms with Crippen LogP contribution in [0.25, 0.3) is 0 Å². The standard InChI is InChI=1S/C14H17BrN2O4/c1-18-10-5-4-8(12(19-2)14(10)20-3)11(17-16)13-9(15)6-7-21-13/h4-7,11,17H,16H2,1-3H3. The number of benzene rings is 1. The second-order valence-electron chi connectivity index (χ2n) is 4.16. The maximum absolute atomic E-state index is 5.69. The SMILES string of the molecule is COc1ccc(C(NN)c2occc2Br)c(OC)c1OC. The van der Waals surface area contributed by atoms with Crippen molar-refractivity contribution in [1.29, 1.82) is 0 Å². The highest BCUT2D eigenvalue weighted by atomic mass is 79.9. The van der Waals surface area contributed by atoms with Gasteiger partial charge in [-0.2, -0.15) is 0 Å². The fourth-order valence-electron chi connectivity index (χ4n) is 2.17. The van der Waals surface area contributed by atoms with E-state index in [4.69, 9.17) is 24.5 Å². The molecule has 0 aliphatic heterocycles. The summed E-state index contributed by atoms with van der Waals surface area (Å²) >= 11 is 3.43. The molecule has 2 aromatic rings. The normalized spacial score (nSPS) is 12.0. The quantitative estimate of drug-likeness (QED) is 0.611. The Balaban J connectivity index is 2.59. The van der Waals surface area contributed by atoms with Gasteiger partial charge in [-0.1, -0.05) is 0 Å². The Hall–Kier alpha value is -1.70. The molecule has 0 saturated heterocycles. The van der Waals surface area contributed by atoms with E-state index in [1.165, 1.54) is 0 Å². The molecule has 0 spiro atoms. The zero-order chi connectivity index (χ0) is 15.4. The fourth-order valence-corrected chi connectivity index (χ4v) is 2.60. The van der Waals surface area contributed by atoms with E-state index >= 15 is 0 Å². The molecule has 6 nitrogen and oxygen atoms in total. The van der Waals surface area contributed by atoms with Crippen LogP contribution in [0.2, 0.25) is 0 Å². The molecule has 0 aliphatic carbocycles. The zero-order valence-corrected chi connectivity index (χ0v) is 13.6. The second-order valence-corrected chi connectivity index (χ2v) is 5.01.